The fourth-order valence-electron chi connectivity index (χ4n) is 4.62. The molecule has 0 unspecified atom stereocenters. The van der Waals surface area contributed by atoms with Crippen molar-refractivity contribution >= 4 is 15.8 Å². The van der Waals surface area contributed by atoms with Gasteiger partial charge in [-0.25, -0.2) is 8.42 Å². The van der Waals surface area contributed by atoms with Crippen LogP contribution in [-0.4, -0.2) is 45.2 Å². The lowest BCUT2D eigenvalue weighted by molar-refractivity contribution is -0.151. The summed E-state index contributed by atoms with van der Waals surface area (Å²) in [6, 6.07) is 12.1. The molecule has 3 rings (SSSR count). The number of benzene rings is 1. The second-order valence-electron chi connectivity index (χ2n) is 11.4. The van der Waals surface area contributed by atoms with E-state index in [0.717, 1.165) is 48.3 Å². The highest BCUT2D eigenvalue weighted by molar-refractivity contribution is 7.90. The monoisotopic (exact) mass is 620 g/mol. The topological polar surface area (TPSA) is 105 Å². The molecule has 2 aromatic heterocycles. The van der Waals surface area contributed by atoms with Gasteiger partial charge in [0.1, 0.15) is 18.1 Å². The molecule has 1 aromatic carbocycles. The van der Waals surface area contributed by atoms with Crippen molar-refractivity contribution in [3.8, 4) is 11.5 Å². The number of methoxy groups -OCH3 is 2. The molecule has 2 heterocycles. The number of ether oxygens (including phenoxy) is 3. The molecule has 0 saturated carbocycles. The van der Waals surface area contributed by atoms with Crippen LogP contribution < -0.4 is 9.47 Å². The Morgan fingerprint density at radius 3 is 1.84 bits per heavy atom. The first-order valence-electron chi connectivity index (χ1n) is 14.8. The van der Waals surface area contributed by atoms with E-state index in [1.54, 1.807) is 63.0 Å². The van der Waals surface area contributed by atoms with Crippen molar-refractivity contribution in [3.63, 3.8) is 0 Å². The van der Waals surface area contributed by atoms with Crippen LogP contribution in [0, 0.1) is 5.41 Å². The highest BCUT2D eigenvalue weighted by Gasteiger charge is 2.22. The van der Waals surface area contributed by atoms with Gasteiger partial charge in [-0.3, -0.25) is 14.8 Å². The number of esters is 1. The van der Waals surface area contributed by atoms with E-state index in [1.165, 1.54) is 0 Å². The van der Waals surface area contributed by atoms with Gasteiger partial charge in [0.05, 0.1) is 36.0 Å². The van der Waals surface area contributed by atoms with Crippen molar-refractivity contribution in [3.05, 3.63) is 102 Å². The molecule has 8 nitrogen and oxygen atoms in total. The van der Waals surface area contributed by atoms with Gasteiger partial charge < -0.3 is 14.2 Å². The molecule has 0 bridgehead atoms. The van der Waals surface area contributed by atoms with Crippen molar-refractivity contribution in [2.24, 2.45) is 5.41 Å². The van der Waals surface area contributed by atoms with Crippen molar-refractivity contribution in [2.75, 3.05) is 20.8 Å². The van der Waals surface area contributed by atoms with E-state index in [2.05, 4.69) is 22.1 Å². The van der Waals surface area contributed by atoms with E-state index < -0.39 is 15.3 Å². The maximum atomic E-state index is 13.0. The molecule has 0 saturated heterocycles. The Bertz CT molecular complexity index is 1530. The van der Waals surface area contributed by atoms with Crippen molar-refractivity contribution in [1.82, 2.24) is 9.97 Å². The predicted molar refractivity (Wildman–Crippen MR) is 173 cm³/mol. The first kappa shape index (κ1) is 34.5. The third kappa shape index (κ3) is 10.3. The zero-order valence-corrected chi connectivity index (χ0v) is 27.2. The van der Waals surface area contributed by atoms with Crippen LogP contribution in [0.1, 0.15) is 62.5 Å². The highest BCUT2D eigenvalue weighted by atomic mass is 32.2. The number of allylic oxidation sites excluding steroid dienone is 3. The zero-order valence-electron chi connectivity index (χ0n) is 26.4. The number of carbonyl (C=O) groups excluding carboxylic acids is 1. The van der Waals surface area contributed by atoms with E-state index in [0.29, 0.717) is 24.3 Å². The van der Waals surface area contributed by atoms with Gasteiger partial charge in [0, 0.05) is 29.2 Å². The third-order valence-corrected chi connectivity index (χ3v) is 8.64. The number of hydrogen-bond acceptors (Lipinski definition) is 8. The first-order chi connectivity index (χ1) is 21.1. The van der Waals surface area contributed by atoms with Crippen LogP contribution in [0.25, 0.3) is 0 Å². The molecule has 0 aliphatic heterocycles. The van der Waals surface area contributed by atoms with E-state index >= 15 is 0 Å². The Labute approximate surface area is 262 Å². The molecular weight excluding hydrogens is 576 g/mol. The van der Waals surface area contributed by atoms with Gasteiger partial charge in [0.2, 0.25) is 0 Å². The number of sulfone groups is 1. The second-order valence-corrected chi connectivity index (χ2v) is 13.3. The Hall–Kier alpha value is -3.98. The molecule has 0 aliphatic carbocycles. The van der Waals surface area contributed by atoms with Gasteiger partial charge in [-0.1, -0.05) is 42.5 Å². The average molecular weight is 621 g/mol. The number of aryl methyl sites for hydroxylation is 1. The summed E-state index contributed by atoms with van der Waals surface area (Å²) in [5.41, 5.74) is 2.86. The molecule has 0 amide bonds. The van der Waals surface area contributed by atoms with Crippen molar-refractivity contribution < 1.29 is 27.4 Å². The lowest BCUT2D eigenvalue weighted by Gasteiger charge is -2.15. The van der Waals surface area contributed by atoms with Crippen LogP contribution in [0.2, 0.25) is 0 Å². The molecule has 0 N–H and O–H groups in total. The van der Waals surface area contributed by atoms with Crippen molar-refractivity contribution in [2.45, 2.75) is 69.9 Å². The summed E-state index contributed by atoms with van der Waals surface area (Å²) in [5, 5.41) is 0. The number of rotatable bonds is 16. The van der Waals surface area contributed by atoms with Gasteiger partial charge in [0.25, 0.3) is 0 Å². The molecule has 0 spiro atoms. The van der Waals surface area contributed by atoms with E-state index in [9.17, 15) is 13.2 Å². The molecule has 236 valence electrons. The Morgan fingerprint density at radius 2 is 1.27 bits per heavy atom. The summed E-state index contributed by atoms with van der Waals surface area (Å²) in [5.74, 6) is 1.04. The molecule has 0 radical (unpaired) electrons. The summed E-state index contributed by atoms with van der Waals surface area (Å²) in [4.78, 5) is 21.2. The number of pyridine rings is 2. The zero-order chi connectivity index (χ0) is 32.0. The summed E-state index contributed by atoms with van der Waals surface area (Å²) in [6.45, 7) is 5.76. The van der Waals surface area contributed by atoms with E-state index in [-0.39, 0.29) is 23.2 Å². The van der Waals surface area contributed by atoms with Crippen LogP contribution in [0.15, 0.2) is 84.1 Å². The fraction of sp³-hybridized carbons (Fsp3) is 0.400. The minimum Gasteiger partial charge on any atom is -0.496 e. The predicted octanol–water partition coefficient (Wildman–Crippen LogP) is 6.67. The lowest BCUT2D eigenvalue weighted by atomic mass is 9.97. The molecule has 0 fully saturated rings. The molecule has 44 heavy (non-hydrogen) atoms. The number of nitrogens with zero attached hydrogens (tertiary/aromatic N) is 2. The maximum absolute atomic E-state index is 13.0. The molecule has 0 atom stereocenters. The van der Waals surface area contributed by atoms with Crippen LogP contribution in [-0.2, 0) is 44.4 Å². The largest absolute Gasteiger partial charge is 0.496 e. The molecular formula is C35H44N2O6S. The van der Waals surface area contributed by atoms with Crippen LogP contribution in [0.3, 0.4) is 0 Å². The lowest BCUT2D eigenvalue weighted by Crippen LogP contribution is -2.22. The summed E-state index contributed by atoms with van der Waals surface area (Å²) in [7, 11) is -0.291. The standard InChI is InChI=1S/C35H44N2O6S/c1-35(2,3)34(38)43-25-15-9-13-18-28-30(36-23-21-32(28)41-4)20-14-7-6-12-19-29-31(37-24-22-33(29)42-5)26-44(39,40)27-16-10-8-11-17-27/h6-11,15-17,21-24H,12-14,18-20,25-26H2,1-5H3/b7-6+,15-9+. The number of aromatic nitrogens is 2. The molecule has 0 aliphatic rings. The SMILES string of the molecule is COc1ccnc(CC/C=C/CCc2c(OC)ccnc2CS(=O)(=O)c2ccccc2)c1CC/C=C/COC(=O)C(C)(C)C. The number of hydrogen-bond donors (Lipinski definition) is 0. The average Bonchev–Trinajstić information content (AvgIpc) is 3.01. The van der Waals surface area contributed by atoms with Gasteiger partial charge >= 0.3 is 5.97 Å². The minimum absolute atomic E-state index is 0.186. The van der Waals surface area contributed by atoms with Gasteiger partial charge in [-0.15, -0.1) is 0 Å². The molecule has 3 aromatic rings. The van der Waals surface area contributed by atoms with Crippen molar-refractivity contribution in [1.29, 1.82) is 0 Å². The summed E-state index contributed by atoms with van der Waals surface area (Å²) < 4.78 is 42.5. The summed E-state index contributed by atoms with van der Waals surface area (Å²) in [6.07, 6.45) is 15.9. The highest BCUT2D eigenvalue weighted by Crippen LogP contribution is 2.26. The Morgan fingerprint density at radius 1 is 0.750 bits per heavy atom. The fourth-order valence-corrected chi connectivity index (χ4v) is 5.96. The first-order valence-corrected chi connectivity index (χ1v) is 16.5. The minimum atomic E-state index is -3.54. The second kappa shape index (κ2) is 16.8. The number of carbonyl (C=O) groups is 1. The van der Waals surface area contributed by atoms with Gasteiger partial charge in [-0.2, -0.15) is 0 Å². The normalized spacial score (nSPS) is 12.1. The van der Waals surface area contributed by atoms with Crippen LogP contribution >= 0.6 is 0 Å². The Kier molecular flexibility index (Phi) is 13.1. The van der Waals surface area contributed by atoms with E-state index in [4.69, 9.17) is 14.2 Å². The quantitative estimate of drug-likeness (QED) is 0.129. The Balaban J connectivity index is 1.57. The van der Waals surface area contributed by atoms with Gasteiger partial charge in [-0.05, 0) is 83.6 Å². The third-order valence-electron chi connectivity index (χ3n) is 7.00. The maximum Gasteiger partial charge on any atom is 0.311 e. The summed E-state index contributed by atoms with van der Waals surface area (Å²) >= 11 is 0. The van der Waals surface area contributed by atoms with E-state index in [1.807, 2.05) is 39.0 Å². The van der Waals surface area contributed by atoms with Gasteiger partial charge in [0.15, 0.2) is 9.84 Å². The van der Waals surface area contributed by atoms with Crippen LogP contribution in [0.5, 0.6) is 11.5 Å². The molecule has 9 heteroatoms. The van der Waals surface area contributed by atoms with Crippen LogP contribution in [0.4, 0.5) is 0 Å². The smallest absolute Gasteiger partial charge is 0.311 e.